The number of amides is 1. The average molecular weight is 251 g/mol. The van der Waals surface area contributed by atoms with Crippen LogP contribution in [0.15, 0.2) is 12.3 Å². The molecule has 1 fully saturated rings. The summed E-state index contributed by atoms with van der Waals surface area (Å²) < 4.78 is 13.9. The number of pyridine rings is 1. The maximum absolute atomic E-state index is 13.9. The predicted octanol–water partition coefficient (Wildman–Crippen LogP) is 2.18. The van der Waals surface area contributed by atoms with E-state index in [1.807, 2.05) is 0 Å². The number of carbonyl (C=O) groups excluding carboxylic acids is 1. The molecule has 1 aromatic rings. The minimum absolute atomic E-state index is 0.0523. The number of aromatic nitrogens is 1. The number of nitrogens with zero attached hydrogens (tertiary/aromatic N) is 1. The van der Waals surface area contributed by atoms with Crippen molar-refractivity contribution in [2.45, 2.75) is 32.2 Å². The monoisotopic (exact) mass is 251 g/mol. The van der Waals surface area contributed by atoms with Gasteiger partial charge in [0.05, 0.1) is 5.56 Å². The van der Waals surface area contributed by atoms with Gasteiger partial charge in [0.25, 0.3) is 5.91 Å². The van der Waals surface area contributed by atoms with Crippen LogP contribution in [-0.2, 0) is 0 Å². The Morgan fingerprint density at radius 1 is 1.61 bits per heavy atom. The highest BCUT2D eigenvalue weighted by molar-refractivity contribution is 5.95. The van der Waals surface area contributed by atoms with E-state index in [1.54, 1.807) is 7.05 Å². The van der Waals surface area contributed by atoms with E-state index >= 15 is 0 Å². The first kappa shape index (κ1) is 12.8. The number of carbonyl (C=O) groups is 1. The molecule has 2 unspecified atom stereocenters. The Kier molecular flexibility index (Phi) is 3.79. The van der Waals surface area contributed by atoms with Gasteiger partial charge >= 0.3 is 0 Å². The van der Waals surface area contributed by atoms with Crippen molar-refractivity contribution in [2.75, 3.05) is 12.4 Å². The van der Waals surface area contributed by atoms with Crippen LogP contribution in [0.25, 0.3) is 0 Å². The van der Waals surface area contributed by atoms with Gasteiger partial charge in [0, 0.05) is 19.3 Å². The third-order valence-electron chi connectivity index (χ3n) is 3.27. The lowest BCUT2D eigenvalue weighted by atomic mass is 10.2. The van der Waals surface area contributed by atoms with Crippen LogP contribution in [0, 0.1) is 11.7 Å². The zero-order chi connectivity index (χ0) is 13.1. The molecule has 5 heteroatoms. The number of rotatable bonds is 5. The van der Waals surface area contributed by atoms with Crippen molar-refractivity contribution in [3.05, 3.63) is 23.6 Å². The molecule has 2 rings (SSSR count). The first-order chi connectivity index (χ1) is 8.67. The summed E-state index contributed by atoms with van der Waals surface area (Å²) in [5.41, 5.74) is 0.0523. The molecule has 1 amide bonds. The van der Waals surface area contributed by atoms with E-state index in [9.17, 15) is 9.18 Å². The quantitative estimate of drug-likeness (QED) is 0.843. The van der Waals surface area contributed by atoms with Gasteiger partial charge in [-0.25, -0.2) is 9.37 Å². The van der Waals surface area contributed by atoms with Crippen LogP contribution in [0.1, 0.15) is 36.5 Å². The van der Waals surface area contributed by atoms with E-state index in [0.717, 1.165) is 19.3 Å². The Morgan fingerprint density at radius 2 is 2.39 bits per heavy atom. The standard InChI is InChI=1S/C13H18FN3O/c1-3-4-8-7-10(8)17-13(18)9-5-6-16-12(15-2)11(9)14/h5-6,8,10H,3-4,7H2,1-2H3,(H,15,16)(H,17,18). The van der Waals surface area contributed by atoms with Gasteiger partial charge in [0.1, 0.15) is 0 Å². The Balaban J connectivity index is 2.02. The van der Waals surface area contributed by atoms with E-state index in [2.05, 4.69) is 22.5 Å². The van der Waals surface area contributed by atoms with E-state index in [1.165, 1.54) is 12.3 Å². The highest BCUT2D eigenvalue weighted by atomic mass is 19.1. The molecule has 1 aliphatic carbocycles. The highest BCUT2D eigenvalue weighted by Crippen LogP contribution is 2.34. The Bertz CT molecular complexity index is 450. The highest BCUT2D eigenvalue weighted by Gasteiger charge is 2.37. The molecule has 0 saturated heterocycles. The van der Waals surface area contributed by atoms with E-state index in [0.29, 0.717) is 5.92 Å². The smallest absolute Gasteiger partial charge is 0.254 e. The second-order valence-electron chi connectivity index (χ2n) is 4.64. The summed E-state index contributed by atoms with van der Waals surface area (Å²) in [4.78, 5) is 15.7. The predicted molar refractivity (Wildman–Crippen MR) is 68.0 cm³/mol. The van der Waals surface area contributed by atoms with E-state index in [4.69, 9.17) is 0 Å². The summed E-state index contributed by atoms with van der Waals surface area (Å²) >= 11 is 0. The number of hydrogen-bond acceptors (Lipinski definition) is 3. The van der Waals surface area contributed by atoms with Crippen LogP contribution >= 0.6 is 0 Å². The van der Waals surface area contributed by atoms with Crippen molar-refractivity contribution in [3.8, 4) is 0 Å². The van der Waals surface area contributed by atoms with Crippen LogP contribution < -0.4 is 10.6 Å². The largest absolute Gasteiger partial charge is 0.371 e. The number of halogens is 1. The molecule has 1 heterocycles. The van der Waals surface area contributed by atoms with Crippen LogP contribution in [0.3, 0.4) is 0 Å². The molecule has 0 bridgehead atoms. The lowest BCUT2D eigenvalue weighted by Crippen LogP contribution is -2.28. The second kappa shape index (κ2) is 5.33. The maximum atomic E-state index is 13.9. The van der Waals surface area contributed by atoms with Crippen molar-refractivity contribution in [3.63, 3.8) is 0 Å². The Hall–Kier alpha value is -1.65. The van der Waals surface area contributed by atoms with Gasteiger partial charge in [-0.2, -0.15) is 0 Å². The molecule has 1 saturated carbocycles. The van der Waals surface area contributed by atoms with E-state index < -0.39 is 5.82 Å². The number of nitrogens with one attached hydrogen (secondary N) is 2. The second-order valence-corrected chi connectivity index (χ2v) is 4.64. The molecule has 98 valence electrons. The van der Waals surface area contributed by atoms with Gasteiger partial charge in [0.2, 0.25) is 0 Å². The summed E-state index contributed by atoms with van der Waals surface area (Å²) in [5, 5.41) is 5.49. The molecule has 0 spiro atoms. The molecule has 2 N–H and O–H groups in total. The molecule has 4 nitrogen and oxygen atoms in total. The fourth-order valence-electron chi connectivity index (χ4n) is 2.15. The van der Waals surface area contributed by atoms with Crippen LogP contribution in [0.2, 0.25) is 0 Å². The van der Waals surface area contributed by atoms with Crippen molar-refractivity contribution in [1.82, 2.24) is 10.3 Å². The SMILES string of the molecule is CCCC1CC1NC(=O)c1ccnc(NC)c1F. The summed E-state index contributed by atoms with van der Waals surface area (Å²) in [6.07, 6.45) is 4.67. The fraction of sp³-hybridized carbons (Fsp3) is 0.538. The first-order valence-corrected chi connectivity index (χ1v) is 6.30. The minimum Gasteiger partial charge on any atom is -0.371 e. The summed E-state index contributed by atoms with van der Waals surface area (Å²) in [6, 6.07) is 1.62. The fourth-order valence-corrected chi connectivity index (χ4v) is 2.15. The van der Waals surface area contributed by atoms with Crippen LogP contribution in [-0.4, -0.2) is 24.0 Å². The zero-order valence-corrected chi connectivity index (χ0v) is 10.7. The normalized spacial score (nSPS) is 21.5. The van der Waals surface area contributed by atoms with Gasteiger partial charge in [-0.3, -0.25) is 4.79 Å². The molecular weight excluding hydrogens is 233 g/mol. The van der Waals surface area contributed by atoms with Crippen LogP contribution in [0.4, 0.5) is 10.2 Å². The molecular formula is C13H18FN3O. The molecule has 0 radical (unpaired) electrons. The maximum Gasteiger partial charge on any atom is 0.254 e. The van der Waals surface area contributed by atoms with Crippen molar-refractivity contribution < 1.29 is 9.18 Å². The summed E-state index contributed by atoms with van der Waals surface area (Å²) in [7, 11) is 1.57. The molecule has 1 aliphatic rings. The Morgan fingerprint density at radius 3 is 3.06 bits per heavy atom. The molecule has 18 heavy (non-hydrogen) atoms. The van der Waals surface area contributed by atoms with Crippen LogP contribution in [0.5, 0.6) is 0 Å². The average Bonchev–Trinajstić information content (AvgIpc) is 3.08. The minimum atomic E-state index is -0.592. The van der Waals surface area contributed by atoms with E-state index in [-0.39, 0.29) is 23.3 Å². The third-order valence-corrected chi connectivity index (χ3v) is 3.27. The Labute approximate surface area is 106 Å². The molecule has 0 aromatic carbocycles. The number of hydrogen-bond donors (Lipinski definition) is 2. The molecule has 2 atom stereocenters. The van der Waals surface area contributed by atoms with Crippen molar-refractivity contribution in [2.24, 2.45) is 5.92 Å². The summed E-state index contributed by atoms with van der Waals surface area (Å²) in [6.45, 7) is 2.12. The number of anilines is 1. The molecule has 1 aromatic heterocycles. The lowest BCUT2D eigenvalue weighted by molar-refractivity contribution is 0.0944. The lowest BCUT2D eigenvalue weighted by Gasteiger charge is -2.07. The third kappa shape index (κ3) is 2.60. The van der Waals surface area contributed by atoms with Gasteiger partial charge in [-0.05, 0) is 24.8 Å². The van der Waals surface area contributed by atoms with Gasteiger partial charge in [0.15, 0.2) is 11.6 Å². The van der Waals surface area contributed by atoms with Crippen molar-refractivity contribution >= 4 is 11.7 Å². The van der Waals surface area contributed by atoms with Gasteiger partial charge in [-0.15, -0.1) is 0 Å². The van der Waals surface area contributed by atoms with Gasteiger partial charge < -0.3 is 10.6 Å². The first-order valence-electron chi connectivity index (χ1n) is 6.30. The van der Waals surface area contributed by atoms with Crippen molar-refractivity contribution in [1.29, 1.82) is 0 Å². The van der Waals surface area contributed by atoms with Gasteiger partial charge in [-0.1, -0.05) is 13.3 Å². The topological polar surface area (TPSA) is 54.0 Å². The zero-order valence-electron chi connectivity index (χ0n) is 10.7. The summed E-state index contributed by atoms with van der Waals surface area (Å²) in [5.74, 6) is -0.281. The molecule has 0 aliphatic heterocycles.